The Kier molecular flexibility index (Phi) is 17.1. The SMILES string of the molecule is C=CCOCCCCCCOc1ccc(-c2ccc(/C=C/C(O)OC3=CC=C(c4ccc(C(O)OCCOC(N)CC)cc4)CC3)cc2F)cc1. The Balaban J connectivity index is 1.20. The van der Waals surface area contributed by atoms with Gasteiger partial charge in [0.15, 0.2) is 6.29 Å². The lowest BCUT2D eigenvalue weighted by Gasteiger charge is -2.18. The van der Waals surface area contributed by atoms with Gasteiger partial charge in [-0.05, 0) is 84.7 Å². The maximum Gasteiger partial charge on any atom is 0.217 e. The summed E-state index contributed by atoms with van der Waals surface area (Å²) in [5.41, 5.74) is 10.4. The molecule has 8 nitrogen and oxygen atoms in total. The van der Waals surface area contributed by atoms with Gasteiger partial charge < -0.3 is 39.6 Å². The van der Waals surface area contributed by atoms with Crippen molar-refractivity contribution in [2.45, 2.75) is 70.7 Å². The van der Waals surface area contributed by atoms with E-state index in [4.69, 9.17) is 29.4 Å². The normalized spacial score (nSPS) is 14.8. The quantitative estimate of drug-likeness (QED) is 0.0513. The van der Waals surface area contributed by atoms with Crippen LogP contribution in [-0.4, -0.2) is 55.8 Å². The van der Waals surface area contributed by atoms with Crippen LogP contribution in [-0.2, 0) is 18.9 Å². The van der Waals surface area contributed by atoms with Crippen LogP contribution in [0.3, 0.4) is 0 Å². The molecule has 0 amide bonds. The second kappa shape index (κ2) is 22.0. The molecule has 1 aliphatic rings. The molecule has 3 atom stereocenters. The molecule has 0 saturated heterocycles. The van der Waals surface area contributed by atoms with Crippen LogP contribution in [0.2, 0.25) is 0 Å². The van der Waals surface area contributed by atoms with Gasteiger partial charge in [0.1, 0.15) is 23.6 Å². The lowest BCUT2D eigenvalue weighted by molar-refractivity contribution is -0.121. The van der Waals surface area contributed by atoms with Crippen LogP contribution >= 0.6 is 0 Å². The molecule has 4 rings (SSSR count). The van der Waals surface area contributed by atoms with Crippen molar-refractivity contribution in [3.63, 3.8) is 0 Å². The topological polar surface area (TPSA) is 113 Å². The maximum absolute atomic E-state index is 15.1. The molecular formula is C42H52FNO7. The molecule has 1 aliphatic carbocycles. The molecule has 0 bridgehead atoms. The van der Waals surface area contributed by atoms with Crippen LogP contribution in [0.25, 0.3) is 22.8 Å². The Morgan fingerprint density at radius 1 is 0.843 bits per heavy atom. The van der Waals surface area contributed by atoms with E-state index in [1.807, 2.05) is 67.6 Å². The fourth-order valence-corrected chi connectivity index (χ4v) is 5.40. The second-order valence-electron chi connectivity index (χ2n) is 12.2. The van der Waals surface area contributed by atoms with Gasteiger partial charge in [-0.15, -0.1) is 6.58 Å². The van der Waals surface area contributed by atoms with Crippen LogP contribution in [0.4, 0.5) is 4.39 Å². The van der Waals surface area contributed by atoms with Crippen molar-refractivity contribution in [1.82, 2.24) is 0 Å². The number of unbranched alkanes of at least 4 members (excludes halogenated alkanes) is 3. The van der Waals surface area contributed by atoms with Gasteiger partial charge in [-0.1, -0.05) is 80.1 Å². The Morgan fingerprint density at radius 3 is 2.25 bits per heavy atom. The first-order valence-corrected chi connectivity index (χ1v) is 17.8. The second-order valence-corrected chi connectivity index (χ2v) is 12.2. The summed E-state index contributed by atoms with van der Waals surface area (Å²) in [5, 5.41) is 20.8. The molecular weight excluding hydrogens is 649 g/mol. The summed E-state index contributed by atoms with van der Waals surface area (Å²) in [6.07, 6.45) is 12.4. The fraction of sp³-hybridized carbons (Fsp3) is 0.381. The summed E-state index contributed by atoms with van der Waals surface area (Å²) in [4.78, 5) is 0. The van der Waals surface area contributed by atoms with Gasteiger partial charge in [-0.3, -0.25) is 0 Å². The van der Waals surface area contributed by atoms with E-state index < -0.39 is 12.6 Å². The minimum absolute atomic E-state index is 0.237. The number of hydrogen-bond acceptors (Lipinski definition) is 8. The Labute approximate surface area is 301 Å². The fourth-order valence-electron chi connectivity index (χ4n) is 5.40. The third kappa shape index (κ3) is 13.9. The zero-order valence-electron chi connectivity index (χ0n) is 29.6. The Hall–Kier alpha value is -4.09. The summed E-state index contributed by atoms with van der Waals surface area (Å²) < 4.78 is 42.8. The van der Waals surface area contributed by atoms with Gasteiger partial charge in [-0.25, -0.2) is 4.39 Å². The summed E-state index contributed by atoms with van der Waals surface area (Å²) in [6.45, 7) is 8.12. The van der Waals surface area contributed by atoms with Crippen molar-refractivity contribution in [1.29, 1.82) is 0 Å². The van der Waals surface area contributed by atoms with Crippen LogP contribution in [0.5, 0.6) is 5.75 Å². The highest BCUT2D eigenvalue weighted by molar-refractivity contribution is 5.69. The molecule has 0 aromatic heterocycles. The predicted octanol–water partition coefficient (Wildman–Crippen LogP) is 8.46. The number of halogens is 1. The molecule has 3 unspecified atom stereocenters. The number of nitrogens with two attached hydrogens (primary N) is 1. The zero-order chi connectivity index (χ0) is 36.3. The Bertz CT molecular complexity index is 1570. The van der Waals surface area contributed by atoms with E-state index in [0.717, 1.165) is 61.2 Å². The average molecular weight is 702 g/mol. The first kappa shape index (κ1) is 39.7. The lowest BCUT2D eigenvalue weighted by Crippen LogP contribution is -2.24. The summed E-state index contributed by atoms with van der Waals surface area (Å²) in [7, 11) is 0. The molecule has 4 N–H and O–H groups in total. The average Bonchev–Trinajstić information content (AvgIpc) is 3.15. The van der Waals surface area contributed by atoms with Crippen molar-refractivity contribution in [3.05, 3.63) is 126 Å². The molecule has 9 heteroatoms. The van der Waals surface area contributed by atoms with Gasteiger partial charge in [0, 0.05) is 24.2 Å². The molecule has 0 radical (unpaired) electrons. The number of allylic oxidation sites excluding steroid dienone is 4. The Morgan fingerprint density at radius 2 is 1.57 bits per heavy atom. The van der Waals surface area contributed by atoms with Gasteiger partial charge in [-0.2, -0.15) is 0 Å². The molecule has 3 aromatic rings. The van der Waals surface area contributed by atoms with Crippen LogP contribution in [0.15, 0.2) is 103 Å². The number of hydrogen-bond donors (Lipinski definition) is 3. The largest absolute Gasteiger partial charge is 0.494 e. The monoisotopic (exact) mass is 701 g/mol. The van der Waals surface area contributed by atoms with Gasteiger partial charge in [0.2, 0.25) is 6.29 Å². The minimum Gasteiger partial charge on any atom is -0.494 e. The number of ether oxygens (including phenoxy) is 5. The van der Waals surface area contributed by atoms with Crippen LogP contribution < -0.4 is 10.5 Å². The molecule has 0 spiro atoms. The smallest absolute Gasteiger partial charge is 0.217 e. The highest BCUT2D eigenvalue weighted by atomic mass is 19.1. The number of aliphatic hydroxyl groups is 2. The van der Waals surface area contributed by atoms with Crippen molar-refractivity contribution in [2.24, 2.45) is 5.73 Å². The van der Waals surface area contributed by atoms with Crippen molar-refractivity contribution >= 4 is 11.6 Å². The highest BCUT2D eigenvalue weighted by Gasteiger charge is 2.14. The predicted molar refractivity (Wildman–Crippen MR) is 200 cm³/mol. The van der Waals surface area contributed by atoms with Gasteiger partial charge >= 0.3 is 0 Å². The first-order valence-electron chi connectivity index (χ1n) is 17.8. The van der Waals surface area contributed by atoms with E-state index in [1.165, 1.54) is 12.1 Å². The molecule has 0 aliphatic heterocycles. The van der Waals surface area contributed by atoms with E-state index in [0.29, 0.717) is 55.1 Å². The summed E-state index contributed by atoms with van der Waals surface area (Å²) in [6, 6.07) is 20.0. The van der Waals surface area contributed by atoms with E-state index in [-0.39, 0.29) is 18.7 Å². The van der Waals surface area contributed by atoms with Crippen LogP contribution in [0, 0.1) is 5.82 Å². The number of aliphatic hydroxyl groups excluding tert-OH is 2. The molecule has 0 heterocycles. The standard InChI is InChI=1S/C42H52FNO7/c1-3-25-47-26-7-5-6-8-27-48-36-19-17-34(18-20-36)38-23-9-31(30-39(38)43)10-24-41(45)51-37-21-15-33(16-22-37)32-11-13-35(14-12-32)42(46)50-29-28-49-40(44)4-2/h3,9-15,17-21,23-24,30,40-42,45-46H,1,4-8,16,22,25-29,44H2,2H3/b24-10+. The third-order valence-electron chi connectivity index (χ3n) is 8.34. The number of rotatable bonds is 23. The first-order chi connectivity index (χ1) is 24.9. The van der Waals surface area contributed by atoms with Crippen molar-refractivity contribution < 1.29 is 38.3 Å². The van der Waals surface area contributed by atoms with E-state index >= 15 is 4.39 Å². The van der Waals surface area contributed by atoms with Crippen LogP contribution in [0.1, 0.15) is 74.8 Å². The molecule has 51 heavy (non-hydrogen) atoms. The summed E-state index contributed by atoms with van der Waals surface area (Å²) >= 11 is 0. The van der Waals surface area contributed by atoms with Gasteiger partial charge in [0.05, 0.1) is 26.4 Å². The minimum atomic E-state index is -1.18. The van der Waals surface area contributed by atoms with Crippen molar-refractivity contribution in [3.8, 4) is 16.9 Å². The number of benzene rings is 3. The van der Waals surface area contributed by atoms with E-state index in [9.17, 15) is 10.2 Å². The maximum atomic E-state index is 15.1. The van der Waals surface area contributed by atoms with Gasteiger partial charge in [0.25, 0.3) is 0 Å². The molecule has 0 fully saturated rings. The summed E-state index contributed by atoms with van der Waals surface area (Å²) in [5.74, 6) is 1.05. The third-order valence-corrected chi connectivity index (χ3v) is 8.34. The van der Waals surface area contributed by atoms with E-state index in [2.05, 4.69) is 6.58 Å². The van der Waals surface area contributed by atoms with E-state index in [1.54, 1.807) is 24.3 Å². The highest BCUT2D eigenvalue weighted by Crippen LogP contribution is 2.30. The van der Waals surface area contributed by atoms with Crippen molar-refractivity contribution in [2.75, 3.05) is 33.0 Å². The molecule has 0 saturated carbocycles. The molecule has 274 valence electrons. The molecule has 3 aromatic carbocycles. The lowest BCUT2D eigenvalue weighted by atomic mass is 9.96. The zero-order valence-corrected chi connectivity index (χ0v) is 29.6.